The summed E-state index contributed by atoms with van der Waals surface area (Å²) in [4.78, 5) is 9.90. The van der Waals surface area contributed by atoms with Crippen LogP contribution in [-0.4, -0.2) is 18.9 Å². The van der Waals surface area contributed by atoms with Crippen molar-refractivity contribution in [2.75, 3.05) is 6.61 Å². The number of ether oxygens (including phenoxy) is 1. The summed E-state index contributed by atoms with van der Waals surface area (Å²) in [5, 5.41) is 0. The summed E-state index contributed by atoms with van der Waals surface area (Å²) in [5.41, 5.74) is 1.38. The summed E-state index contributed by atoms with van der Waals surface area (Å²) in [7, 11) is 0. The lowest BCUT2D eigenvalue weighted by atomic mass is 10.7. The average molecular weight is 158 g/mol. The fourth-order valence-corrected chi connectivity index (χ4v) is 0.189. The molecule has 0 rings (SSSR count). The number of nitrogens with one attached hydrogen (secondary N) is 1. The molecule has 0 saturated carbocycles. The third-order valence-corrected chi connectivity index (χ3v) is 0.485. The maximum atomic E-state index is 11.2. The fraction of sp³-hybridized carbons (Fsp3) is 0.667. The highest BCUT2D eigenvalue weighted by atomic mass is 19.4. The molecular weight excluding hydrogens is 153 g/mol. The van der Waals surface area contributed by atoms with Crippen molar-refractivity contribution in [3.05, 3.63) is 0 Å². The van der Waals surface area contributed by atoms with E-state index in [-0.39, 0.29) is 0 Å². The van der Waals surface area contributed by atoms with E-state index in [1.165, 1.54) is 5.43 Å². The molecule has 0 aliphatic heterocycles. The van der Waals surface area contributed by atoms with Crippen molar-refractivity contribution in [1.29, 1.82) is 0 Å². The monoisotopic (exact) mass is 158 g/mol. The van der Waals surface area contributed by atoms with Crippen molar-refractivity contribution in [1.82, 2.24) is 5.43 Å². The Hall–Kier alpha value is -0.980. The molecule has 3 N–H and O–H groups in total. The van der Waals surface area contributed by atoms with Crippen LogP contribution in [0.3, 0.4) is 0 Å². The first-order valence-corrected chi connectivity index (χ1v) is 2.16. The van der Waals surface area contributed by atoms with Gasteiger partial charge in [-0.1, -0.05) is 0 Å². The Balaban J connectivity index is 3.46. The largest absolute Gasteiger partial charge is 0.439 e. The average Bonchev–Trinajstić information content (AvgIpc) is 1.81. The van der Waals surface area contributed by atoms with Crippen molar-refractivity contribution in [2.24, 2.45) is 5.84 Å². The van der Waals surface area contributed by atoms with Crippen molar-refractivity contribution >= 4 is 6.09 Å². The lowest BCUT2D eigenvalue weighted by Gasteiger charge is -2.05. The lowest BCUT2D eigenvalue weighted by Crippen LogP contribution is -2.33. The highest BCUT2D eigenvalue weighted by Gasteiger charge is 2.29. The summed E-state index contributed by atoms with van der Waals surface area (Å²) in [6.45, 7) is -1.63. The van der Waals surface area contributed by atoms with Gasteiger partial charge in [-0.05, 0) is 0 Å². The van der Waals surface area contributed by atoms with Crippen LogP contribution in [0, 0.1) is 0 Å². The number of alkyl halides is 3. The van der Waals surface area contributed by atoms with E-state index in [9.17, 15) is 18.0 Å². The topological polar surface area (TPSA) is 64.3 Å². The van der Waals surface area contributed by atoms with Gasteiger partial charge in [0.25, 0.3) is 0 Å². The van der Waals surface area contributed by atoms with Crippen LogP contribution in [-0.2, 0) is 4.74 Å². The zero-order valence-corrected chi connectivity index (χ0v) is 4.73. The Labute approximate surface area is 54.1 Å². The van der Waals surface area contributed by atoms with Crippen LogP contribution in [0.15, 0.2) is 0 Å². The number of nitrogens with two attached hydrogens (primary N) is 1. The third kappa shape index (κ3) is 5.16. The summed E-state index contributed by atoms with van der Waals surface area (Å²) >= 11 is 0. The van der Waals surface area contributed by atoms with Gasteiger partial charge in [0.15, 0.2) is 6.61 Å². The molecule has 7 heteroatoms. The summed E-state index contributed by atoms with van der Waals surface area (Å²) in [5.74, 6) is 4.41. The Morgan fingerprint density at radius 2 is 2.10 bits per heavy atom. The van der Waals surface area contributed by atoms with Gasteiger partial charge in [-0.15, -0.1) is 0 Å². The minimum absolute atomic E-state index is 1.31. The minimum atomic E-state index is -4.51. The summed E-state index contributed by atoms with van der Waals surface area (Å²) in [6, 6.07) is 0. The number of rotatable bonds is 1. The standard InChI is InChI=1S/C3H5F3N2O2/c4-3(5,6)1-10-2(9)8-7/h1,7H2,(H,8,9). The van der Waals surface area contributed by atoms with Crippen LogP contribution in [0.1, 0.15) is 0 Å². The molecule has 0 atom stereocenters. The molecule has 0 heterocycles. The Kier molecular flexibility index (Phi) is 2.94. The second kappa shape index (κ2) is 3.25. The molecule has 0 saturated heterocycles. The first-order valence-electron chi connectivity index (χ1n) is 2.16. The molecule has 0 unspecified atom stereocenters. The van der Waals surface area contributed by atoms with Gasteiger partial charge in [-0.25, -0.2) is 10.6 Å². The second-order valence-corrected chi connectivity index (χ2v) is 1.34. The van der Waals surface area contributed by atoms with Crippen LogP contribution in [0.5, 0.6) is 0 Å². The molecule has 0 aromatic carbocycles. The SMILES string of the molecule is NNC(=O)OCC(F)(F)F. The summed E-state index contributed by atoms with van der Waals surface area (Å²) in [6.07, 6.45) is -5.82. The predicted octanol–water partition coefficient (Wildman–Crippen LogP) is 0.149. The van der Waals surface area contributed by atoms with E-state index in [0.717, 1.165) is 0 Å². The predicted molar refractivity (Wildman–Crippen MR) is 24.7 cm³/mol. The lowest BCUT2D eigenvalue weighted by molar-refractivity contribution is -0.160. The molecule has 0 aliphatic carbocycles. The third-order valence-electron chi connectivity index (χ3n) is 0.485. The zero-order valence-electron chi connectivity index (χ0n) is 4.73. The molecule has 4 nitrogen and oxygen atoms in total. The van der Waals surface area contributed by atoms with E-state index >= 15 is 0 Å². The van der Waals surface area contributed by atoms with Gasteiger partial charge in [-0.2, -0.15) is 13.2 Å². The molecule has 0 radical (unpaired) electrons. The van der Waals surface area contributed by atoms with Gasteiger partial charge in [0.2, 0.25) is 0 Å². The van der Waals surface area contributed by atoms with Gasteiger partial charge in [0.05, 0.1) is 0 Å². The number of carbonyl (C=O) groups is 1. The van der Waals surface area contributed by atoms with Crippen LogP contribution >= 0.6 is 0 Å². The van der Waals surface area contributed by atoms with E-state index in [4.69, 9.17) is 0 Å². The van der Waals surface area contributed by atoms with E-state index in [1.54, 1.807) is 0 Å². The number of hydrogen-bond acceptors (Lipinski definition) is 3. The molecular formula is C3H5F3N2O2. The van der Waals surface area contributed by atoms with E-state index in [1.807, 2.05) is 0 Å². The maximum absolute atomic E-state index is 11.2. The van der Waals surface area contributed by atoms with Crippen LogP contribution in [0.25, 0.3) is 0 Å². The number of hydrazine groups is 1. The Morgan fingerprint density at radius 3 is 2.40 bits per heavy atom. The van der Waals surface area contributed by atoms with Gasteiger partial charge in [0, 0.05) is 0 Å². The Bertz CT molecular complexity index is 123. The first kappa shape index (κ1) is 9.02. The smallest absolute Gasteiger partial charge is 0.422 e. The molecule has 0 aliphatic rings. The second-order valence-electron chi connectivity index (χ2n) is 1.34. The molecule has 0 aromatic rings. The van der Waals surface area contributed by atoms with E-state index in [2.05, 4.69) is 10.6 Å². The molecule has 10 heavy (non-hydrogen) atoms. The van der Waals surface area contributed by atoms with Crippen molar-refractivity contribution in [3.63, 3.8) is 0 Å². The first-order chi connectivity index (χ1) is 4.45. The molecule has 60 valence electrons. The minimum Gasteiger partial charge on any atom is -0.439 e. The van der Waals surface area contributed by atoms with Gasteiger partial charge in [-0.3, -0.25) is 5.43 Å². The zero-order chi connectivity index (χ0) is 8.20. The highest BCUT2D eigenvalue weighted by molar-refractivity contribution is 5.66. The Morgan fingerprint density at radius 1 is 1.60 bits per heavy atom. The van der Waals surface area contributed by atoms with E-state index in [0.29, 0.717) is 0 Å². The van der Waals surface area contributed by atoms with Gasteiger partial charge < -0.3 is 4.74 Å². The van der Waals surface area contributed by atoms with Crippen molar-refractivity contribution < 1.29 is 22.7 Å². The van der Waals surface area contributed by atoms with Crippen molar-refractivity contribution in [3.8, 4) is 0 Å². The molecule has 1 amide bonds. The molecule has 0 aromatic heterocycles. The molecule has 0 spiro atoms. The number of carbonyl (C=O) groups excluding carboxylic acids is 1. The number of hydrogen-bond donors (Lipinski definition) is 2. The van der Waals surface area contributed by atoms with E-state index < -0.39 is 18.9 Å². The maximum Gasteiger partial charge on any atom is 0.422 e. The number of halogens is 3. The molecule has 0 fully saturated rings. The van der Waals surface area contributed by atoms with Crippen molar-refractivity contribution in [2.45, 2.75) is 6.18 Å². The molecule has 0 bridgehead atoms. The van der Waals surface area contributed by atoms with Gasteiger partial charge in [0.1, 0.15) is 0 Å². The van der Waals surface area contributed by atoms with Crippen LogP contribution in [0.4, 0.5) is 18.0 Å². The number of amides is 1. The quantitative estimate of drug-likeness (QED) is 0.324. The van der Waals surface area contributed by atoms with Gasteiger partial charge >= 0.3 is 12.3 Å². The van der Waals surface area contributed by atoms with Crippen LogP contribution in [0.2, 0.25) is 0 Å². The summed E-state index contributed by atoms with van der Waals surface area (Å²) < 4.78 is 37.2. The normalized spacial score (nSPS) is 10.8. The fourth-order valence-electron chi connectivity index (χ4n) is 0.189. The van der Waals surface area contributed by atoms with Crippen LogP contribution < -0.4 is 11.3 Å². The highest BCUT2D eigenvalue weighted by Crippen LogP contribution is 2.13.